The lowest BCUT2D eigenvalue weighted by Gasteiger charge is -2.21. The summed E-state index contributed by atoms with van der Waals surface area (Å²) in [7, 11) is 1.54. The lowest BCUT2D eigenvalue weighted by Crippen LogP contribution is -2.34. The Hall–Kier alpha value is -2.01. The van der Waals surface area contributed by atoms with Crippen LogP contribution in [0, 0.1) is 0 Å². The molecule has 0 aliphatic rings. The van der Waals surface area contributed by atoms with Crippen LogP contribution in [0.25, 0.3) is 0 Å². The van der Waals surface area contributed by atoms with Gasteiger partial charge in [0.1, 0.15) is 17.1 Å². The number of phenolic OH excluding ortho intramolecular Hbond substituents is 2. The van der Waals surface area contributed by atoms with Crippen LogP contribution in [-0.2, 0) is 4.74 Å². The van der Waals surface area contributed by atoms with Crippen LogP contribution in [0.4, 0.5) is 0 Å². The van der Waals surface area contributed by atoms with Crippen LogP contribution in [0.1, 0.15) is 10.4 Å². The third-order valence-electron chi connectivity index (χ3n) is 2.44. The topological polar surface area (TPSA) is 70.0 Å². The molecule has 1 aromatic rings. The van der Waals surface area contributed by atoms with Crippen LogP contribution in [0.5, 0.6) is 11.5 Å². The van der Waals surface area contributed by atoms with Gasteiger partial charge in [-0.1, -0.05) is 12.1 Å². The molecular formula is C13H17NO4. The largest absolute Gasteiger partial charge is 0.507 e. The lowest BCUT2D eigenvalue weighted by atomic mass is 10.1. The van der Waals surface area contributed by atoms with Gasteiger partial charge in [-0.2, -0.15) is 0 Å². The molecule has 0 spiro atoms. The number of hydrogen-bond donors (Lipinski definition) is 2. The minimum Gasteiger partial charge on any atom is -0.507 e. The predicted octanol–water partition coefficient (Wildman–Crippen LogP) is 1.37. The normalized spacial score (nSPS) is 10.1. The predicted molar refractivity (Wildman–Crippen MR) is 67.7 cm³/mol. The van der Waals surface area contributed by atoms with E-state index in [1.165, 1.54) is 30.2 Å². The number of carbonyl (C=O) groups is 1. The van der Waals surface area contributed by atoms with Crippen molar-refractivity contribution in [3.05, 3.63) is 36.4 Å². The number of ether oxygens (including phenoxy) is 1. The summed E-state index contributed by atoms with van der Waals surface area (Å²) in [6, 6.07) is 4.18. The molecule has 0 aliphatic heterocycles. The summed E-state index contributed by atoms with van der Waals surface area (Å²) in [5.74, 6) is -0.944. The van der Waals surface area contributed by atoms with Gasteiger partial charge in [-0.3, -0.25) is 4.79 Å². The van der Waals surface area contributed by atoms with Gasteiger partial charge in [0.15, 0.2) is 0 Å². The van der Waals surface area contributed by atoms with Crippen molar-refractivity contribution in [1.82, 2.24) is 4.90 Å². The first kappa shape index (κ1) is 14.1. The molecule has 0 fully saturated rings. The molecule has 1 aromatic carbocycles. The molecule has 0 aliphatic carbocycles. The van der Waals surface area contributed by atoms with Gasteiger partial charge in [-0.05, 0) is 12.1 Å². The van der Waals surface area contributed by atoms with Gasteiger partial charge >= 0.3 is 0 Å². The second kappa shape index (κ2) is 6.66. The van der Waals surface area contributed by atoms with Crippen LogP contribution >= 0.6 is 0 Å². The molecule has 0 bridgehead atoms. The third-order valence-corrected chi connectivity index (χ3v) is 2.44. The summed E-state index contributed by atoms with van der Waals surface area (Å²) in [5.41, 5.74) is -0.101. The second-order valence-electron chi connectivity index (χ2n) is 3.70. The summed E-state index contributed by atoms with van der Waals surface area (Å²) < 4.78 is 4.91. The van der Waals surface area contributed by atoms with Gasteiger partial charge in [0.25, 0.3) is 5.91 Å². The maximum absolute atomic E-state index is 12.2. The van der Waals surface area contributed by atoms with Gasteiger partial charge in [-0.25, -0.2) is 0 Å². The van der Waals surface area contributed by atoms with Crippen molar-refractivity contribution >= 4 is 5.91 Å². The first-order valence-electron chi connectivity index (χ1n) is 5.51. The highest BCUT2D eigenvalue weighted by molar-refractivity contribution is 5.99. The van der Waals surface area contributed by atoms with Gasteiger partial charge < -0.3 is 19.8 Å². The summed E-state index contributed by atoms with van der Waals surface area (Å²) in [5, 5.41) is 19.3. The van der Waals surface area contributed by atoms with Crippen molar-refractivity contribution in [3.8, 4) is 11.5 Å². The van der Waals surface area contributed by atoms with E-state index >= 15 is 0 Å². The lowest BCUT2D eigenvalue weighted by molar-refractivity contribution is 0.0712. The molecule has 98 valence electrons. The molecule has 0 heterocycles. The van der Waals surface area contributed by atoms with Crippen molar-refractivity contribution in [3.63, 3.8) is 0 Å². The SMILES string of the molecule is C=CCN(CCOC)C(=O)c1c(O)cccc1O. The molecule has 0 aromatic heterocycles. The van der Waals surface area contributed by atoms with Gasteiger partial charge in [0, 0.05) is 20.2 Å². The number of amides is 1. The van der Waals surface area contributed by atoms with Crippen molar-refractivity contribution in [2.75, 3.05) is 26.8 Å². The number of nitrogens with zero attached hydrogens (tertiary/aromatic N) is 1. The zero-order chi connectivity index (χ0) is 13.5. The molecule has 2 N–H and O–H groups in total. The van der Waals surface area contributed by atoms with Crippen LogP contribution in [0.15, 0.2) is 30.9 Å². The van der Waals surface area contributed by atoms with E-state index in [0.717, 1.165) is 0 Å². The Kier molecular flexibility index (Phi) is 5.20. The second-order valence-corrected chi connectivity index (χ2v) is 3.70. The molecule has 5 nitrogen and oxygen atoms in total. The number of rotatable bonds is 6. The first-order chi connectivity index (χ1) is 8.61. The molecule has 0 atom stereocenters. The fraction of sp³-hybridized carbons (Fsp3) is 0.308. The fourth-order valence-corrected chi connectivity index (χ4v) is 1.54. The number of aromatic hydroxyl groups is 2. The molecular weight excluding hydrogens is 234 g/mol. The quantitative estimate of drug-likeness (QED) is 0.749. The monoisotopic (exact) mass is 251 g/mol. The molecule has 0 saturated heterocycles. The smallest absolute Gasteiger partial charge is 0.261 e. The highest BCUT2D eigenvalue weighted by atomic mass is 16.5. The molecule has 0 saturated carbocycles. The van der Waals surface area contributed by atoms with E-state index in [2.05, 4.69) is 6.58 Å². The Balaban J connectivity index is 2.97. The number of methoxy groups -OCH3 is 1. The van der Waals surface area contributed by atoms with E-state index in [0.29, 0.717) is 19.7 Å². The molecule has 1 amide bonds. The van der Waals surface area contributed by atoms with Gasteiger partial charge in [0.2, 0.25) is 0 Å². The van der Waals surface area contributed by atoms with Crippen LogP contribution in [-0.4, -0.2) is 47.8 Å². The molecule has 0 unspecified atom stereocenters. The van der Waals surface area contributed by atoms with E-state index in [4.69, 9.17) is 4.74 Å². The number of benzene rings is 1. The Morgan fingerprint density at radius 1 is 1.44 bits per heavy atom. The number of carbonyl (C=O) groups excluding carboxylic acids is 1. The van der Waals surface area contributed by atoms with Crippen molar-refractivity contribution < 1.29 is 19.7 Å². The third kappa shape index (κ3) is 3.24. The Morgan fingerprint density at radius 2 is 2.06 bits per heavy atom. The highest BCUT2D eigenvalue weighted by Crippen LogP contribution is 2.27. The van der Waals surface area contributed by atoms with E-state index in [1.54, 1.807) is 6.08 Å². The minimum atomic E-state index is -0.456. The summed E-state index contributed by atoms with van der Waals surface area (Å²) in [6.07, 6.45) is 1.57. The van der Waals surface area contributed by atoms with Crippen LogP contribution in [0.2, 0.25) is 0 Å². The summed E-state index contributed by atoms with van der Waals surface area (Å²) in [4.78, 5) is 13.6. The Labute approximate surface area is 106 Å². The van der Waals surface area contributed by atoms with E-state index in [-0.39, 0.29) is 17.1 Å². The average molecular weight is 251 g/mol. The van der Waals surface area contributed by atoms with Crippen molar-refractivity contribution in [2.24, 2.45) is 0 Å². The fourth-order valence-electron chi connectivity index (χ4n) is 1.54. The highest BCUT2D eigenvalue weighted by Gasteiger charge is 2.21. The number of phenols is 2. The van der Waals surface area contributed by atoms with Crippen molar-refractivity contribution in [1.29, 1.82) is 0 Å². The van der Waals surface area contributed by atoms with Gasteiger partial charge in [-0.15, -0.1) is 6.58 Å². The van der Waals surface area contributed by atoms with E-state index in [1.807, 2.05) is 0 Å². The maximum atomic E-state index is 12.2. The molecule has 18 heavy (non-hydrogen) atoms. The standard InChI is InChI=1S/C13H17NO4/c1-3-7-14(8-9-18-2)13(17)12-10(15)5-4-6-11(12)16/h3-6,15-16H,1,7-9H2,2H3. The summed E-state index contributed by atoms with van der Waals surface area (Å²) >= 11 is 0. The zero-order valence-corrected chi connectivity index (χ0v) is 10.3. The first-order valence-corrected chi connectivity index (χ1v) is 5.51. The molecule has 0 radical (unpaired) electrons. The molecule has 5 heteroatoms. The van der Waals surface area contributed by atoms with E-state index < -0.39 is 5.91 Å². The minimum absolute atomic E-state index is 0.101. The van der Waals surface area contributed by atoms with E-state index in [9.17, 15) is 15.0 Å². The summed E-state index contributed by atoms with van der Waals surface area (Å²) in [6.45, 7) is 4.61. The zero-order valence-electron chi connectivity index (χ0n) is 10.3. The average Bonchev–Trinajstić information content (AvgIpc) is 2.34. The van der Waals surface area contributed by atoms with Gasteiger partial charge in [0.05, 0.1) is 6.61 Å². The van der Waals surface area contributed by atoms with Crippen LogP contribution < -0.4 is 0 Å². The number of hydrogen-bond acceptors (Lipinski definition) is 4. The maximum Gasteiger partial charge on any atom is 0.261 e. The van der Waals surface area contributed by atoms with Crippen molar-refractivity contribution in [2.45, 2.75) is 0 Å². The van der Waals surface area contributed by atoms with Crippen LogP contribution in [0.3, 0.4) is 0 Å². The Morgan fingerprint density at radius 3 is 2.56 bits per heavy atom. The molecule has 1 rings (SSSR count). The Bertz CT molecular complexity index is 411.